The molecule has 1 atom stereocenters. The summed E-state index contributed by atoms with van der Waals surface area (Å²) in [7, 11) is 0. The fourth-order valence-corrected chi connectivity index (χ4v) is 2.91. The number of halogens is 2. The van der Waals surface area contributed by atoms with Gasteiger partial charge in [0.25, 0.3) is 0 Å². The third-order valence-corrected chi connectivity index (χ3v) is 4.29. The van der Waals surface area contributed by atoms with Gasteiger partial charge in [0.2, 0.25) is 11.8 Å². The van der Waals surface area contributed by atoms with Crippen LogP contribution >= 0.6 is 0 Å². The van der Waals surface area contributed by atoms with E-state index < -0.39 is 23.5 Å². The molecule has 0 radical (unpaired) electrons. The molecule has 6 heteroatoms. The Kier molecular flexibility index (Phi) is 4.79. The van der Waals surface area contributed by atoms with Crippen molar-refractivity contribution < 1.29 is 18.4 Å². The first kappa shape index (κ1) is 17.1. The highest BCUT2D eigenvalue weighted by Gasteiger charge is 2.38. The van der Waals surface area contributed by atoms with Crippen LogP contribution in [0.3, 0.4) is 0 Å². The molecule has 1 N–H and O–H groups in total. The smallest absolute Gasteiger partial charge is 0.239 e. The Bertz CT molecular complexity index is 806. The van der Waals surface area contributed by atoms with Crippen molar-refractivity contribution >= 4 is 17.5 Å². The first-order chi connectivity index (χ1) is 12.0. The van der Waals surface area contributed by atoms with E-state index in [-0.39, 0.29) is 18.0 Å². The molecule has 0 saturated carbocycles. The van der Waals surface area contributed by atoms with Crippen LogP contribution in [0.25, 0.3) is 0 Å². The van der Waals surface area contributed by atoms with Crippen LogP contribution in [0, 0.1) is 24.5 Å². The summed E-state index contributed by atoms with van der Waals surface area (Å²) >= 11 is 0. The molecule has 1 aliphatic heterocycles. The second kappa shape index (κ2) is 7.01. The largest absolute Gasteiger partial charge is 0.351 e. The van der Waals surface area contributed by atoms with Gasteiger partial charge in [-0.2, -0.15) is 0 Å². The van der Waals surface area contributed by atoms with E-state index in [1.807, 2.05) is 6.92 Å². The van der Waals surface area contributed by atoms with Crippen molar-refractivity contribution in [3.05, 3.63) is 65.2 Å². The van der Waals surface area contributed by atoms with Gasteiger partial charge in [0, 0.05) is 13.1 Å². The lowest BCUT2D eigenvalue weighted by Crippen LogP contribution is -2.36. The summed E-state index contributed by atoms with van der Waals surface area (Å²) in [4.78, 5) is 26.1. The first-order valence-corrected chi connectivity index (χ1v) is 8.05. The molecule has 0 bridgehead atoms. The van der Waals surface area contributed by atoms with Crippen molar-refractivity contribution in [3.8, 4) is 0 Å². The van der Waals surface area contributed by atoms with Gasteiger partial charge < -0.3 is 10.2 Å². The molecule has 0 aromatic heterocycles. The zero-order chi connectivity index (χ0) is 18.0. The van der Waals surface area contributed by atoms with Crippen LogP contribution < -0.4 is 10.2 Å². The molecule has 25 heavy (non-hydrogen) atoms. The number of anilines is 1. The van der Waals surface area contributed by atoms with Crippen LogP contribution in [0.2, 0.25) is 0 Å². The predicted molar refractivity (Wildman–Crippen MR) is 89.8 cm³/mol. The number of nitrogens with zero attached hydrogens (tertiary/aromatic N) is 1. The summed E-state index contributed by atoms with van der Waals surface area (Å²) in [5, 5.41) is 2.69. The summed E-state index contributed by atoms with van der Waals surface area (Å²) < 4.78 is 26.9. The number of amides is 2. The Morgan fingerprint density at radius 3 is 2.64 bits per heavy atom. The van der Waals surface area contributed by atoms with Crippen LogP contribution in [-0.2, 0) is 16.1 Å². The molecule has 2 aromatic rings. The third kappa shape index (κ3) is 3.68. The van der Waals surface area contributed by atoms with Gasteiger partial charge in [0.15, 0.2) is 0 Å². The number of benzene rings is 2. The van der Waals surface area contributed by atoms with Crippen molar-refractivity contribution in [1.82, 2.24) is 5.32 Å². The summed E-state index contributed by atoms with van der Waals surface area (Å²) in [6, 6.07) is 10.3. The fraction of sp³-hybridized carbons (Fsp3) is 0.263. The van der Waals surface area contributed by atoms with Crippen LogP contribution in [0.4, 0.5) is 14.5 Å². The highest BCUT2D eigenvalue weighted by molar-refractivity contribution is 6.09. The van der Waals surface area contributed by atoms with Gasteiger partial charge in [-0.15, -0.1) is 0 Å². The first-order valence-electron chi connectivity index (χ1n) is 8.05. The minimum atomic E-state index is -0.833. The van der Waals surface area contributed by atoms with Gasteiger partial charge in [-0.05, 0) is 48.7 Å². The zero-order valence-electron chi connectivity index (χ0n) is 13.8. The van der Waals surface area contributed by atoms with Gasteiger partial charge >= 0.3 is 0 Å². The van der Waals surface area contributed by atoms with Crippen molar-refractivity contribution in [3.63, 3.8) is 0 Å². The van der Waals surface area contributed by atoms with Crippen LogP contribution in [0.5, 0.6) is 0 Å². The Hall–Kier alpha value is -2.76. The zero-order valence-corrected chi connectivity index (χ0v) is 13.8. The van der Waals surface area contributed by atoms with E-state index >= 15 is 0 Å². The number of nitrogens with one attached hydrogen (secondary N) is 1. The minimum Gasteiger partial charge on any atom is -0.351 e. The van der Waals surface area contributed by atoms with Gasteiger partial charge in [-0.25, -0.2) is 8.78 Å². The van der Waals surface area contributed by atoms with E-state index in [9.17, 15) is 18.4 Å². The molecule has 0 unspecified atom stereocenters. The third-order valence-electron chi connectivity index (χ3n) is 4.29. The number of hydrogen-bond donors (Lipinski definition) is 1. The maximum absolute atomic E-state index is 14.0. The van der Waals surface area contributed by atoms with E-state index in [0.717, 1.165) is 11.1 Å². The normalized spacial score (nSPS) is 17.0. The lowest BCUT2D eigenvalue weighted by Gasteiger charge is -2.18. The molecule has 0 spiro atoms. The van der Waals surface area contributed by atoms with Crippen LogP contribution in [-0.4, -0.2) is 18.4 Å². The fourth-order valence-electron chi connectivity index (χ4n) is 2.91. The number of carbonyl (C=O) groups excluding carboxylic acids is 2. The van der Waals surface area contributed by atoms with E-state index in [1.54, 1.807) is 24.3 Å². The highest BCUT2D eigenvalue weighted by atomic mass is 19.1. The van der Waals surface area contributed by atoms with Crippen molar-refractivity contribution in [2.24, 2.45) is 5.92 Å². The molecule has 4 nitrogen and oxygen atoms in total. The molecule has 1 aliphatic rings. The second-order valence-electron chi connectivity index (χ2n) is 6.13. The van der Waals surface area contributed by atoms with Gasteiger partial charge in [0.1, 0.15) is 17.6 Å². The number of carbonyl (C=O) groups is 2. The quantitative estimate of drug-likeness (QED) is 0.867. The Morgan fingerprint density at radius 2 is 1.92 bits per heavy atom. The van der Waals surface area contributed by atoms with Gasteiger partial charge in [-0.1, -0.05) is 18.2 Å². The van der Waals surface area contributed by atoms with Crippen molar-refractivity contribution in [2.45, 2.75) is 19.9 Å². The van der Waals surface area contributed by atoms with Crippen molar-refractivity contribution in [2.75, 3.05) is 11.4 Å². The Balaban J connectivity index is 1.65. The molecule has 2 aromatic carbocycles. The molecule has 130 valence electrons. The molecule has 0 aliphatic carbocycles. The highest BCUT2D eigenvalue weighted by Crippen LogP contribution is 2.28. The molecule has 3 rings (SSSR count). The topological polar surface area (TPSA) is 49.4 Å². The standard InChI is InChI=1S/C19H18F2N2O2/c1-12-2-7-16(21)17(10-12)23-9-8-15(19(23)25)18(24)22-11-13-3-5-14(20)6-4-13/h2-7,10,15H,8-9,11H2,1H3,(H,22,24)/t15-/m0/s1. The lowest BCUT2D eigenvalue weighted by molar-refractivity contribution is -0.132. The van der Waals surface area contributed by atoms with Crippen molar-refractivity contribution in [1.29, 1.82) is 0 Å². The molecule has 1 saturated heterocycles. The SMILES string of the molecule is Cc1ccc(F)c(N2CC[C@@H](C(=O)NCc3ccc(F)cc3)C2=O)c1. The van der Waals surface area contributed by atoms with E-state index in [4.69, 9.17) is 0 Å². The number of hydrogen-bond acceptors (Lipinski definition) is 2. The van der Waals surface area contributed by atoms with Gasteiger partial charge in [-0.3, -0.25) is 9.59 Å². The molecule has 2 amide bonds. The predicted octanol–water partition coefficient (Wildman–Crippen LogP) is 2.94. The van der Waals surface area contributed by atoms with E-state index in [0.29, 0.717) is 13.0 Å². The maximum Gasteiger partial charge on any atom is 0.239 e. The summed E-state index contributed by atoms with van der Waals surface area (Å²) in [5.74, 6) is -2.46. The summed E-state index contributed by atoms with van der Waals surface area (Å²) in [6.45, 7) is 2.33. The number of aryl methyl sites for hydroxylation is 1. The summed E-state index contributed by atoms with van der Waals surface area (Å²) in [6.07, 6.45) is 0.335. The molecular formula is C19H18F2N2O2. The molecule has 1 fully saturated rings. The maximum atomic E-state index is 14.0. The Labute approximate surface area is 144 Å². The van der Waals surface area contributed by atoms with Gasteiger partial charge in [0.05, 0.1) is 5.69 Å². The second-order valence-corrected chi connectivity index (χ2v) is 6.13. The monoisotopic (exact) mass is 344 g/mol. The average molecular weight is 344 g/mol. The van der Waals surface area contributed by atoms with Crippen LogP contribution in [0.15, 0.2) is 42.5 Å². The summed E-state index contributed by atoms with van der Waals surface area (Å²) in [5.41, 5.74) is 1.79. The minimum absolute atomic E-state index is 0.207. The lowest BCUT2D eigenvalue weighted by atomic mass is 10.1. The molecule has 1 heterocycles. The van der Waals surface area contributed by atoms with E-state index in [1.165, 1.54) is 23.1 Å². The van der Waals surface area contributed by atoms with E-state index in [2.05, 4.69) is 5.32 Å². The molecular weight excluding hydrogens is 326 g/mol. The Morgan fingerprint density at radius 1 is 1.20 bits per heavy atom. The number of rotatable bonds is 4. The average Bonchev–Trinajstić information content (AvgIpc) is 2.98. The van der Waals surface area contributed by atoms with Crippen LogP contribution in [0.1, 0.15) is 17.5 Å².